The SMILES string of the molecule is CC[N](CC)[Sn]([C]#CCCCO[Si](N(C)C)(N(C)C)N(C)C)([N](CC)CC)[N](CC)CC. The number of rotatable bonds is 16. The summed E-state index contributed by atoms with van der Waals surface area (Å²) in [5.74, 6) is 3.66. The van der Waals surface area contributed by atoms with Gasteiger partial charge in [0.1, 0.15) is 0 Å². The Labute approximate surface area is 207 Å². The number of hydrogen-bond acceptors (Lipinski definition) is 7. The first kappa shape index (κ1) is 32.3. The van der Waals surface area contributed by atoms with E-state index in [-0.39, 0.29) is 0 Å². The van der Waals surface area contributed by atoms with Gasteiger partial charge in [0.15, 0.2) is 0 Å². The van der Waals surface area contributed by atoms with Crippen LogP contribution in [0.4, 0.5) is 0 Å². The Kier molecular flexibility index (Phi) is 16.2. The summed E-state index contributed by atoms with van der Waals surface area (Å²) in [4.78, 5) is 0. The van der Waals surface area contributed by atoms with Crippen LogP contribution in [0.3, 0.4) is 0 Å². The fourth-order valence-electron chi connectivity index (χ4n) is 4.97. The molecule has 0 rings (SSSR count). The fourth-order valence-corrected chi connectivity index (χ4v) is 21.9. The van der Waals surface area contributed by atoms with Crippen LogP contribution < -0.4 is 0 Å². The second kappa shape index (κ2) is 16.1. The minimum atomic E-state index is -3.22. The predicted molar refractivity (Wildman–Crippen MR) is 144 cm³/mol. The molecule has 9 heteroatoms. The molecule has 0 N–H and O–H groups in total. The summed E-state index contributed by atoms with van der Waals surface area (Å²) >= 11 is -3.22. The summed E-state index contributed by atoms with van der Waals surface area (Å²) in [5, 5.41) is 0. The first-order chi connectivity index (χ1) is 15.1. The quantitative estimate of drug-likeness (QED) is 0.158. The number of hydrogen-bond donors (Lipinski definition) is 0. The van der Waals surface area contributed by atoms with Crippen molar-refractivity contribution in [1.82, 2.24) is 23.1 Å². The molecule has 0 aromatic heterocycles. The second-order valence-electron chi connectivity index (χ2n) is 8.66. The third-order valence-electron chi connectivity index (χ3n) is 6.36. The molecule has 0 aliphatic rings. The molecule has 0 spiro atoms. The molecular weight excluding hydrogens is 523 g/mol. The zero-order chi connectivity index (χ0) is 24.9. The van der Waals surface area contributed by atoms with E-state index in [4.69, 9.17) is 4.43 Å². The molecule has 0 bridgehead atoms. The van der Waals surface area contributed by atoms with Crippen LogP contribution in [0.2, 0.25) is 0 Å². The van der Waals surface area contributed by atoms with Crippen molar-refractivity contribution in [2.75, 3.05) is 88.2 Å². The zero-order valence-corrected chi connectivity index (χ0v) is 27.3. The Morgan fingerprint density at radius 2 is 0.969 bits per heavy atom. The summed E-state index contributed by atoms with van der Waals surface area (Å²) in [5.41, 5.74) is 0. The van der Waals surface area contributed by atoms with E-state index >= 15 is 0 Å². The third kappa shape index (κ3) is 7.40. The standard InChI is InChI=1S/C11H24N3OSi.3C4H10N.Sn/c1-8-9-10-11-15-16(12(2)3,13(4)5)14(6)7;3*1-3-5-4-2;/h9-11H2,2-7H3;3*3-4H2,1-2H3;/q;3*-1;+3. The Morgan fingerprint density at radius 1 is 0.625 bits per heavy atom. The number of nitrogens with zero attached hydrogens (tertiary/aromatic N) is 6. The summed E-state index contributed by atoms with van der Waals surface area (Å²) in [6, 6.07) is 0. The third-order valence-corrected chi connectivity index (χ3v) is 24.9. The molecule has 7 nitrogen and oxygen atoms in total. The van der Waals surface area contributed by atoms with Gasteiger partial charge in [-0.15, -0.1) is 0 Å². The zero-order valence-electron chi connectivity index (χ0n) is 23.5. The molecule has 0 saturated carbocycles. The van der Waals surface area contributed by atoms with Crippen molar-refractivity contribution in [1.29, 1.82) is 0 Å². The molecule has 0 aromatic rings. The minimum absolute atomic E-state index is 0.736. The normalized spacial score (nSPS) is 13.2. The molecule has 0 aliphatic heterocycles. The molecule has 0 radical (unpaired) electrons. The first-order valence-corrected chi connectivity index (χ1v) is 19.5. The Hall–Kier alpha value is 0.296. The van der Waals surface area contributed by atoms with Crippen LogP contribution in [0.1, 0.15) is 54.4 Å². The van der Waals surface area contributed by atoms with Crippen molar-refractivity contribution in [3.63, 3.8) is 0 Å². The topological polar surface area (TPSA) is 28.7 Å². The summed E-state index contributed by atoms with van der Waals surface area (Å²) in [6.45, 7) is 20.9. The summed E-state index contributed by atoms with van der Waals surface area (Å²) < 4.78 is 25.4. The van der Waals surface area contributed by atoms with Gasteiger partial charge in [-0.1, -0.05) is 0 Å². The average molecular weight is 578 g/mol. The maximum absolute atomic E-state index is 6.55. The predicted octanol–water partition coefficient (Wildman–Crippen LogP) is 2.41. The van der Waals surface area contributed by atoms with E-state index in [2.05, 4.69) is 117 Å². The van der Waals surface area contributed by atoms with Crippen molar-refractivity contribution in [2.45, 2.75) is 54.4 Å². The van der Waals surface area contributed by atoms with Crippen LogP contribution in [-0.4, -0.2) is 139 Å². The van der Waals surface area contributed by atoms with E-state index in [1.807, 2.05) is 0 Å². The maximum atomic E-state index is 6.55. The molecule has 0 fully saturated rings. The molecule has 0 aliphatic carbocycles. The van der Waals surface area contributed by atoms with Crippen molar-refractivity contribution < 1.29 is 4.43 Å². The van der Waals surface area contributed by atoms with Crippen LogP contribution in [-0.2, 0) is 4.43 Å². The molecule has 0 saturated heterocycles. The van der Waals surface area contributed by atoms with E-state index < -0.39 is 28.0 Å². The van der Waals surface area contributed by atoms with Gasteiger partial charge in [-0.2, -0.15) is 0 Å². The molecule has 0 amide bonds. The average Bonchev–Trinajstić information content (AvgIpc) is 2.74. The van der Waals surface area contributed by atoms with E-state index in [1.54, 1.807) is 0 Å². The molecule has 32 heavy (non-hydrogen) atoms. The van der Waals surface area contributed by atoms with Crippen LogP contribution in [0.15, 0.2) is 0 Å². The van der Waals surface area contributed by atoms with Gasteiger partial charge >= 0.3 is 208 Å². The van der Waals surface area contributed by atoms with Gasteiger partial charge in [-0.05, 0) is 0 Å². The van der Waals surface area contributed by atoms with Gasteiger partial charge < -0.3 is 0 Å². The van der Waals surface area contributed by atoms with Crippen LogP contribution >= 0.6 is 0 Å². The number of unbranched alkanes of at least 4 members (excludes halogenated alkanes) is 1. The Bertz CT molecular complexity index is 501. The fraction of sp³-hybridized carbons (Fsp3) is 0.913. The monoisotopic (exact) mass is 578 g/mol. The van der Waals surface area contributed by atoms with Crippen molar-refractivity contribution in [2.24, 2.45) is 0 Å². The van der Waals surface area contributed by atoms with Gasteiger partial charge in [-0.3, -0.25) is 0 Å². The van der Waals surface area contributed by atoms with E-state index in [1.165, 1.54) is 0 Å². The van der Waals surface area contributed by atoms with Gasteiger partial charge in [0.05, 0.1) is 0 Å². The van der Waals surface area contributed by atoms with Gasteiger partial charge in [-0.25, -0.2) is 0 Å². The van der Waals surface area contributed by atoms with E-state index in [9.17, 15) is 0 Å². The van der Waals surface area contributed by atoms with Crippen molar-refractivity contribution >= 4 is 28.0 Å². The molecular formula is C23H54N6OSiSn. The van der Waals surface area contributed by atoms with Gasteiger partial charge in [0, 0.05) is 0 Å². The Balaban J connectivity index is 5.71. The van der Waals surface area contributed by atoms with Gasteiger partial charge in [0.2, 0.25) is 0 Å². The second-order valence-corrected chi connectivity index (χ2v) is 22.5. The Morgan fingerprint density at radius 3 is 1.25 bits per heavy atom. The van der Waals surface area contributed by atoms with Crippen LogP contribution in [0.5, 0.6) is 0 Å². The van der Waals surface area contributed by atoms with E-state index in [0.29, 0.717) is 0 Å². The molecule has 0 heterocycles. The molecule has 0 aromatic carbocycles. The molecule has 0 atom stereocenters. The van der Waals surface area contributed by atoms with Crippen LogP contribution in [0.25, 0.3) is 0 Å². The summed E-state index contributed by atoms with van der Waals surface area (Å²) in [6.07, 6.45) is 1.86. The summed E-state index contributed by atoms with van der Waals surface area (Å²) in [7, 11) is 10.4. The van der Waals surface area contributed by atoms with E-state index in [0.717, 1.165) is 58.7 Å². The van der Waals surface area contributed by atoms with Gasteiger partial charge in [0.25, 0.3) is 0 Å². The molecule has 0 unspecified atom stereocenters. The first-order valence-electron chi connectivity index (χ1n) is 12.5. The molecule has 190 valence electrons. The van der Waals surface area contributed by atoms with Crippen molar-refractivity contribution in [3.05, 3.63) is 0 Å². The van der Waals surface area contributed by atoms with Crippen LogP contribution in [0, 0.1) is 9.86 Å². The van der Waals surface area contributed by atoms with Crippen molar-refractivity contribution in [3.8, 4) is 9.86 Å².